The van der Waals surface area contributed by atoms with Crippen LogP contribution < -0.4 is 5.32 Å². The first kappa shape index (κ1) is 15.4. The maximum atomic E-state index is 12.9. The zero-order valence-electron chi connectivity index (χ0n) is 12.3. The van der Waals surface area contributed by atoms with E-state index in [4.69, 9.17) is 0 Å². The normalized spacial score (nSPS) is 24.9. The highest BCUT2D eigenvalue weighted by Gasteiger charge is 2.28. The fraction of sp³-hybridized carbons (Fsp3) is 0.625. The monoisotopic (exact) mass is 282 g/mol. The second-order valence-corrected chi connectivity index (χ2v) is 5.71. The quantitative estimate of drug-likeness (QED) is 0.907. The predicted octanol–water partition coefficient (Wildman–Crippen LogP) is 3.62. The highest BCUT2D eigenvalue weighted by Crippen LogP contribution is 2.35. The smallest absolute Gasteiger partial charge is 0.263 e. The Morgan fingerprint density at radius 1 is 1.35 bits per heavy atom. The number of nitrogens with one attached hydrogen (secondary N) is 1. The molecule has 2 unspecified atom stereocenters. The van der Waals surface area contributed by atoms with Crippen molar-refractivity contribution in [2.45, 2.75) is 31.7 Å². The summed E-state index contributed by atoms with van der Waals surface area (Å²) in [5.41, 5.74) is 1.15. The molecular formula is C16H24F2N2. The molecule has 0 amide bonds. The Hall–Kier alpha value is -1.00. The summed E-state index contributed by atoms with van der Waals surface area (Å²) in [4.78, 5) is 2.32. The molecule has 0 saturated carbocycles. The van der Waals surface area contributed by atoms with Crippen molar-refractivity contribution in [3.05, 3.63) is 35.4 Å². The summed E-state index contributed by atoms with van der Waals surface area (Å²) in [6.07, 6.45) is 1.15. The molecule has 0 aliphatic carbocycles. The van der Waals surface area contributed by atoms with Crippen molar-refractivity contribution in [3.8, 4) is 0 Å². The maximum absolute atomic E-state index is 12.9. The Morgan fingerprint density at radius 2 is 2.15 bits per heavy atom. The minimum atomic E-state index is -2.39. The molecule has 1 N–H and O–H groups in total. The summed E-state index contributed by atoms with van der Waals surface area (Å²) >= 11 is 0. The van der Waals surface area contributed by atoms with E-state index in [9.17, 15) is 8.78 Å². The van der Waals surface area contributed by atoms with E-state index in [0.717, 1.165) is 25.1 Å². The first-order valence-corrected chi connectivity index (χ1v) is 7.36. The molecule has 0 spiro atoms. The molecule has 1 fully saturated rings. The van der Waals surface area contributed by atoms with E-state index in [1.165, 1.54) is 18.9 Å². The number of hydrogen-bond donors (Lipinski definition) is 1. The van der Waals surface area contributed by atoms with Crippen LogP contribution in [0, 0.1) is 5.92 Å². The van der Waals surface area contributed by atoms with Gasteiger partial charge in [0.05, 0.1) is 0 Å². The van der Waals surface area contributed by atoms with E-state index in [1.807, 2.05) is 13.1 Å². The standard InChI is InChI=1S/C16H24F2N2/c1-19-11-14-6-3-4-9-20(2)15(14)12-7-5-8-13(10-12)16(17)18/h5,7-8,10,14-16,19H,3-4,6,9,11H2,1-2H3. The number of nitrogens with zero attached hydrogens (tertiary/aromatic N) is 1. The third kappa shape index (κ3) is 3.55. The van der Waals surface area contributed by atoms with E-state index in [-0.39, 0.29) is 11.6 Å². The third-order valence-corrected chi connectivity index (χ3v) is 4.23. The molecule has 1 aromatic rings. The van der Waals surface area contributed by atoms with Gasteiger partial charge in [0.25, 0.3) is 6.43 Å². The highest BCUT2D eigenvalue weighted by molar-refractivity contribution is 5.27. The highest BCUT2D eigenvalue weighted by atomic mass is 19.3. The molecule has 4 heteroatoms. The van der Waals surface area contributed by atoms with E-state index in [1.54, 1.807) is 12.1 Å². The van der Waals surface area contributed by atoms with Crippen LogP contribution in [0.2, 0.25) is 0 Å². The van der Waals surface area contributed by atoms with E-state index in [0.29, 0.717) is 5.92 Å². The molecule has 1 aliphatic heterocycles. The zero-order valence-corrected chi connectivity index (χ0v) is 12.3. The van der Waals surface area contributed by atoms with Crippen molar-refractivity contribution >= 4 is 0 Å². The summed E-state index contributed by atoms with van der Waals surface area (Å²) in [6.45, 7) is 1.96. The van der Waals surface area contributed by atoms with Gasteiger partial charge >= 0.3 is 0 Å². The number of hydrogen-bond acceptors (Lipinski definition) is 2. The van der Waals surface area contributed by atoms with Gasteiger partial charge in [-0.1, -0.05) is 24.6 Å². The lowest BCUT2D eigenvalue weighted by Crippen LogP contribution is -2.34. The number of alkyl halides is 2. The Kier molecular flexibility index (Phi) is 5.49. The summed E-state index contributed by atoms with van der Waals surface area (Å²) in [7, 11) is 4.06. The fourth-order valence-corrected chi connectivity index (χ4v) is 3.31. The largest absolute Gasteiger partial charge is 0.319 e. The van der Waals surface area contributed by atoms with Gasteiger partial charge in [-0.2, -0.15) is 0 Å². The van der Waals surface area contributed by atoms with Crippen LogP contribution in [0.4, 0.5) is 8.78 Å². The van der Waals surface area contributed by atoms with E-state index in [2.05, 4.69) is 17.3 Å². The summed E-state index contributed by atoms with van der Waals surface area (Å²) in [5, 5.41) is 3.25. The lowest BCUT2D eigenvalue weighted by molar-refractivity contribution is 0.150. The number of halogens is 2. The maximum Gasteiger partial charge on any atom is 0.263 e. The fourth-order valence-electron chi connectivity index (χ4n) is 3.31. The van der Waals surface area contributed by atoms with Crippen LogP contribution in [0.15, 0.2) is 24.3 Å². The van der Waals surface area contributed by atoms with Crippen molar-refractivity contribution in [1.29, 1.82) is 0 Å². The van der Waals surface area contributed by atoms with Crippen molar-refractivity contribution in [3.63, 3.8) is 0 Å². The summed E-state index contributed by atoms with van der Waals surface area (Å²) in [5.74, 6) is 0.473. The molecule has 1 heterocycles. The number of likely N-dealkylation sites (tertiary alicyclic amines) is 1. The van der Waals surface area contributed by atoms with Gasteiger partial charge in [-0.15, -0.1) is 0 Å². The van der Waals surface area contributed by atoms with Crippen LogP contribution in [0.5, 0.6) is 0 Å². The van der Waals surface area contributed by atoms with Crippen molar-refractivity contribution in [1.82, 2.24) is 10.2 Å². The van der Waals surface area contributed by atoms with Gasteiger partial charge in [-0.05, 0) is 57.6 Å². The number of benzene rings is 1. The van der Waals surface area contributed by atoms with Crippen LogP contribution in [-0.2, 0) is 0 Å². The lowest BCUT2D eigenvalue weighted by Gasteiger charge is -2.33. The van der Waals surface area contributed by atoms with Crippen LogP contribution in [0.3, 0.4) is 0 Å². The minimum Gasteiger partial charge on any atom is -0.319 e. The zero-order chi connectivity index (χ0) is 14.5. The van der Waals surface area contributed by atoms with Gasteiger partial charge in [0.1, 0.15) is 0 Å². The van der Waals surface area contributed by atoms with Gasteiger partial charge in [0.2, 0.25) is 0 Å². The number of rotatable bonds is 4. The van der Waals surface area contributed by atoms with E-state index >= 15 is 0 Å². The molecule has 1 aromatic carbocycles. The Balaban J connectivity index is 2.30. The molecule has 0 radical (unpaired) electrons. The first-order chi connectivity index (χ1) is 9.63. The van der Waals surface area contributed by atoms with Gasteiger partial charge in [0, 0.05) is 11.6 Å². The minimum absolute atomic E-state index is 0.128. The van der Waals surface area contributed by atoms with Crippen molar-refractivity contribution in [2.75, 3.05) is 27.2 Å². The van der Waals surface area contributed by atoms with E-state index < -0.39 is 6.43 Å². The molecule has 0 bridgehead atoms. The van der Waals surface area contributed by atoms with Gasteiger partial charge in [-0.25, -0.2) is 8.78 Å². The van der Waals surface area contributed by atoms with Gasteiger partial charge in [-0.3, -0.25) is 4.90 Å². The molecule has 1 aliphatic rings. The molecule has 112 valence electrons. The summed E-state index contributed by atoms with van der Waals surface area (Å²) in [6, 6.07) is 7.16. The molecule has 20 heavy (non-hydrogen) atoms. The summed E-state index contributed by atoms with van der Waals surface area (Å²) < 4.78 is 25.8. The molecule has 0 aromatic heterocycles. The molecule has 2 nitrogen and oxygen atoms in total. The second kappa shape index (κ2) is 7.14. The Labute approximate surface area is 120 Å². The van der Waals surface area contributed by atoms with Gasteiger partial charge < -0.3 is 5.32 Å². The third-order valence-electron chi connectivity index (χ3n) is 4.23. The Morgan fingerprint density at radius 3 is 2.85 bits per heavy atom. The first-order valence-electron chi connectivity index (χ1n) is 7.36. The molecule has 2 rings (SSSR count). The Bertz CT molecular complexity index is 423. The SMILES string of the molecule is CNCC1CCCCN(C)C1c1cccc(C(F)F)c1. The van der Waals surface area contributed by atoms with Crippen LogP contribution >= 0.6 is 0 Å². The van der Waals surface area contributed by atoms with Crippen LogP contribution in [-0.4, -0.2) is 32.1 Å². The van der Waals surface area contributed by atoms with Crippen molar-refractivity contribution in [2.24, 2.45) is 5.92 Å². The predicted molar refractivity (Wildman–Crippen MR) is 78.0 cm³/mol. The topological polar surface area (TPSA) is 15.3 Å². The lowest BCUT2D eigenvalue weighted by atomic mass is 9.88. The molecule has 2 atom stereocenters. The molecule has 1 saturated heterocycles. The average Bonchev–Trinajstić information content (AvgIpc) is 2.61. The molecular weight excluding hydrogens is 258 g/mol. The second-order valence-electron chi connectivity index (χ2n) is 5.71. The van der Waals surface area contributed by atoms with Crippen molar-refractivity contribution < 1.29 is 8.78 Å². The van der Waals surface area contributed by atoms with Crippen LogP contribution in [0.1, 0.15) is 42.9 Å². The average molecular weight is 282 g/mol. The van der Waals surface area contributed by atoms with Crippen LogP contribution in [0.25, 0.3) is 0 Å². The van der Waals surface area contributed by atoms with Gasteiger partial charge in [0.15, 0.2) is 0 Å².